The van der Waals surface area contributed by atoms with Crippen molar-refractivity contribution in [1.29, 1.82) is 0 Å². The van der Waals surface area contributed by atoms with Crippen molar-refractivity contribution in [2.75, 3.05) is 33.2 Å². The fraction of sp³-hybridized carbons (Fsp3) is 0.667. The summed E-state index contributed by atoms with van der Waals surface area (Å²) in [6, 6.07) is 4.50. The molecule has 0 saturated carbocycles. The third-order valence-corrected chi connectivity index (χ3v) is 4.04. The van der Waals surface area contributed by atoms with E-state index >= 15 is 0 Å². The minimum atomic E-state index is 0. The Bertz CT molecular complexity index is 434. The minimum absolute atomic E-state index is 0. The van der Waals surface area contributed by atoms with Gasteiger partial charge in [0.25, 0.3) is 0 Å². The van der Waals surface area contributed by atoms with Gasteiger partial charge in [-0.15, -0.1) is 24.0 Å². The summed E-state index contributed by atoms with van der Waals surface area (Å²) in [4.78, 5) is 10.9. The van der Waals surface area contributed by atoms with E-state index in [1.165, 1.54) is 18.5 Å². The number of halogens is 1. The summed E-state index contributed by atoms with van der Waals surface area (Å²) in [6.45, 7) is 11.0. The van der Waals surface area contributed by atoms with Crippen molar-refractivity contribution in [2.45, 2.75) is 46.1 Å². The molecule has 0 saturated heterocycles. The highest BCUT2D eigenvalue weighted by Gasteiger charge is 2.06. The second-order valence-electron chi connectivity index (χ2n) is 5.82. The first kappa shape index (κ1) is 23.1. The molecule has 0 bridgehead atoms. The van der Waals surface area contributed by atoms with Gasteiger partial charge in [-0.1, -0.05) is 19.9 Å². The minimum Gasteiger partial charge on any atom is -0.356 e. The second kappa shape index (κ2) is 14.5. The summed E-state index contributed by atoms with van der Waals surface area (Å²) in [6.07, 6.45) is 7.03. The summed E-state index contributed by atoms with van der Waals surface area (Å²) >= 11 is 0. The highest BCUT2D eigenvalue weighted by atomic mass is 127. The average molecular weight is 447 g/mol. The van der Waals surface area contributed by atoms with Crippen molar-refractivity contribution >= 4 is 29.9 Å². The van der Waals surface area contributed by atoms with Gasteiger partial charge in [-0.05, 0) is 57.5 Å². The number of hydrogen-bond acceptors (Lipinski definition) is 3. The van der Waals surface area contributed by atoms with Crippen LogP contribution in [0.3, 0.4) is 0 Å². The Morgan fingerprint density at radius 3 is 2.67 bits per heavy atom. The third-order valence-electron chi connectivity index (χ3n) is 4.04. The molecule has 2 N–H and O–H groups in total. The molecular weight excluding hydrogens is 413 g/mol. The number of rotatable bonds is 10. The average Bonchev–Trinajstić information content (AvgIpc) is 2.58. The van der Waals surface area contributed by atoms with Crippen LogP contribution in [0.2, 0.25) is 0 Å². The molecule has 0 aromatic carbocycles. The molecule has 1 unspecified atom stereocenters. The fourth-order valence-electron chi connectivity index (χ4n) is 2.53. The van der Waals surface area contributed by atoms with Crippen LogP contribution < -0.4 is 10.6 Å². The van der Waals surface area contributed by atoms with Gasteiger partial charge in [0.2, 0.25) is 0 Å². The van der Waals surface area contributed by atoms with E-state index in [2.05, 4.69) is 52.3 Å². The Balaban J connectivity index is 0.00000529. The number of aromatic nitrogens is 1. The summed E-state index contributed by atoms with van der Waals surface area (Å²) < 4.78 is 0. The highest BCUT2D eigenvalue weighted by Crippen LogP contribution is 2.00. The standard InChI is InChI=1S/C18H33N5.HI/c1-5-23(6-2)14-8-9-16(3)22-18(19-4)21-13-11-17-10-7-12-20-15-17;/h7,10,12,15-16H,5-6,8-9,11,13-14H2,1-4H3,(H2,19,21,22);1H. The van der Waals surface area contributed by atoms with Gasteiger partial charge in [-0.3, -0.25) is 9.98 Å². The first-order chi connectivity index (χ1) is 11.2. The van der Waals surface area contributed by atoms with Crippen molar-refractivity contribution in [3.8, 4) is 0 Å². The zero-order valence-corrected chi connectivity index (χ0v) is 17.9. The predicted molar refractivity (Wildman–Crippen MR) is 114 cm³/mol. The van der Waals surface area contributed by atoms with Crippen molar-refractivity contribution < 1.29 is 0 Å². The molecule has 138 valence electrons. The Kier molecular flexibility index (Phi) is 13.9. The van der Waals surface area contributed by atoms with Crippen molar-refractivity contribution in [2.24, 2.45) is 4.99 Å². The first-order valence-electron chi connectivity index (χ1n) is 8.78. The molecule has 0 radical (unpaired) electrons. The number of aliphatic imine (C=N–C) groups is 1. The quantitative estimate of drug-likeness (QED) is 0.329. The Morgan fingerprint density at radius 1 is 1.33 bits per heavy atom. The summed E-state index contributed by atoms with van der Waals surface area (Å²) in [5.74, 6) is 0.879. The van der Waals surface area contributed by atoms with E-state index in [9.17, 15) is 0 Å². The molecule has 6 heteroatoms. The van der Waals surface area contributed by atoms with Crippen LogP contribution in [0.15, 0.2) is 29.5 Å². The van der Waals surface area contributed by atoms with Crippen molar-refractivity contribution in [1.82, 2.24) is 20.5 Å². The van der Waals surface area contributed by atoms with Gasteiger partial charge in [0.1, 0.15) is 0 Å². The number of hydrogen-bond donors (Lipinski definition) is 2. The van der Waals surface area contributed by atoms with Crippen LogP contribution in [0.25, 0.3) is 0 Å². The molecule has 1 rings (SSSR count). The van der Waals surface area contributed by atoms with E-state index in [1.54, 1.807) is 6.20 Å². The molecule has 1 atom stereocenters. The molecule has 1 aromatic rings. The van der Waals surface area contributed by atoms with Gasteiger partial charge in [-0.25, -0.2) is 0 Å². The van der Waals surface area contributed by atoms with Crippen LogP contribution in [-0.2, 0) is 6.42 Å². The van der Waals surface area contributed by atoms with Gasteiger partial charge in [0.15, 0.2) is 5.96 Å². The van der Waals surface area contributed by atoms with E-state index in [0.717, 1.165) is 38.4 Å². The summed E-state index contributed by atoms with van der Waals surface area (Å²) in [7, 11) is 1.82. The lowest BCUT2D eigenvalue weighted by atomic mass is 10.2. The smallest absolute Gasteiger partial charge is 0.191 e. The molecule has 0 aliphatic carbocycles. The molecule has 0 amide bonds. The first-order valence-corrected chi connectivity index (χ1v) is 8.78. The lowest BCUT2D eigenvalue weighted by molar-refractivity contribution is 0.292. The maximum absolute atomic E-state index is 4.30. The van der Waals surface area contributed by atoms with Gasteiger partial charge >= 0.3 is 0 Å². The van der Waals surface area contributed by atoms with E-state index in [1.807, 2.05) is 19.3 Å². The SMILES string of the molecule is CCN(CC)CCCC(C)NC(=NC)NCCc1cccnc1.I. The molecule has 5 nitrogen and oxygen atoms in total. The largest absolute Gasteiger partial charge is 0.356 e. The maximum Gasteiger partial charge on any atom is 0.191 e. The predicted octanol–water partition coefficient (Wildman–Crippen LogP) is 2.92. The molecule has 0 spiro atoms. The molecule has 1 heterocycles. The van der Waals surface area contributed by atoms with Gasteiger partial charge in [0, 0.05) is 32.0 Å². The van der Waals surface area contributed by atoms with Gasteiger partial charge < -0.3 is 15.5 Å². The molecule has 0 fully saturated rings. The van der Waals surface area contributed by atoms with Crippen LogP contribution in [0, 0.1) is 0 Å². The van der Waals surface area contributed by atoms with E-state index in [-0.39, 0.29) is 24.0 Å². The molecular formula is C18H34IN5. The maximum atomic E-state index is 4.30. The topological polar surface area (TPSA) is 52.5 Å². The van der Waals surface area contributed by atoms with E-state index in [0.29, 0.717) is 6.04 Å². The lowest BCUT2D eigenvalue weighted by Crippen LogP contribution is -2.43. The number of guanidine groups is 1. The third kappa shape index (κ3) is 10.1. The van der Waals surface area contributed by atoms with E-state index < -0.39 is 0 Å². The monoisotopic (exact) mass is 447 g/mol. The number of nitrogens with zero attached hydrogens (tertiary/aromatic N) is 3. The fourth-order valence-corrected chi connectivity index (χ4v) is 2.53. The second-order valence-corrected chi connectivity index (χ2v) is 5.82. The number of nitrogens with one attached hydrogen (secondary N) is 2. The highest BCUT2D eigenvalue weighted by molar-refractivity contribution is 14.0. The van der Waals surface area contributed by atoms with Crippen molar-refractivity contribution in [3.63, 3.8) is 0 Å². The van der Waals surface area contributed by atoms with Gasteiger partial charge in [0.05, 0.1) is 0 Å². The normalized spacial score (nSPS) is 12.6. The molecule has 0 aliphatic heterocycles. The lowest BCUT2D eigenvalue weighted by Gasteiger charge is -2.21. The summed E-state index contributed by atoms with van der Waals surface area (Å²) in [5.41, 5.74) is 1.24. The van der Waals surface area contributed by atoms with Crippen LogP contribution in [-0.4, -0.2) is 55.1 Å². The van der Waals surface area contributed by atoms with E-state index in [4.69, 9.17) is 0 Å². The van der Waals surface area contributed by atoms with Gasteiger partial charge in [-0.2, -0.15) is 0 Å². The van der Waals surface area contributed by atoms with Crippen LogP contribution in [0.1, 0.15) is 39.2 Å². The zero-order chi connectivity index (χ0) is 16.9. The van der Waals surface area contributed by atoms with Crippen LogP contribution in [0.5, 0.6) is 0 Å². The van der Waals surface area contributed by atoms with Crippen LogP contribution in [0.4, 0.5) is 0 Å². The molecule has 1 aromatic heterocycles. The summed E-state index contributed by atoms with van der Waals surface area (Å²) in [5, 5.41) is 6.84. The zero-order valence-electron chi connectivity index (χ0n) is 15.6. The molecule has 0 aliphatic rings. The Labute approximate surface area is 164 Å². The van der Waals surface area contributed by atoms with Crippen LogP contribution >= 0.6 is 24.0 Å². The Hall–Kier alpha value is -0.890. The van der Waals surface area contributed by atoms with Crippen molar-refractivity contribution in [3.05, 3.63) is 30.1 Å². The number of pyridine rings is 1. The Morgan fingerprint density at radius 2 is 2.08 bits per heavy atom. The molecule has 24 heavy (non-hydrogen) atoms.